The summed E-state index contributed by atoms with van der Waals surface area (Å²) in [6.45, 7) is 4.78. The van der Waals surface area contributed by atoms with Crippen LogP contribution >= 0.6 is 11.3 Å². The molecule has 12 rings (SSSR count). The predicted octanol–water partition coefficient (Wildman–Crippen LogP) is 18.2. The fourth-order valence-electron chi connectivity index (χ4n) is 10.1. The lowest BCUT2D eigenvalue weighted by atomic mass is 9.81. The molecule has 0 aliphatic heterocycles. The Hall–Kier alpha value is -7.78. The highest BCUT2D eigenvalue weighted by atomic mass is 32.1. The van der Waals surface area contributed by atoms with Crippen LogP contribution in [0, 0.1) is 0 Å². The van der Waals surface area contributed by atoms with Crippen LogP contribution in [0.1, 0.15) is 25.0 Å². The molecule has 1 aromatic heterocycles. The first kappa shape index (κ1) is 38.9. The fourth-order valence-corrected chi connectivity index (χ4v) is 11.4. The summed E-state index contributed by atoms with van der Waals surface area (Å²) in [6.07, 6.45) is 0. The smallest absolute Gasteiger partial charge is 0.0540 e. The highest BCUT2D eigenvalue weighted by molar-refractivity contribution is 7.26. The van der Waals surface area contributed by atoms with Gasteiger partial charge in [0.25, 0.3) is 0 Å². The number of benzene rings is 10. The molecule has 0 atom stereocenters. The second-order valence-electron chi connectivity index (χ2n) is 17.7. The second-order valence-corrected chi connectivity index (χ2v) is 18.7. The number of nitrogens with zero attached hydrogens (tertiary/aromatic N) is 1. The first-order chi connectivity index (χ1) is 32.0. The average Bonchev–Trinajstić information content (AvgIpc) is 3.86. The van der Waals surface area contributed by atoms with Crippen LogP contribution in [0.25, 0.3) is 86.9 Å². The van der Waals surface area contributed by atoms with Crippen LogP contribution in [0.4, 0.5) is 17.1 Å². The third kappa shape index (κ3) is 6.77. The Morgan fingerprint density at radius 2 is 0.815 bits per heavy atom. The van der Waals surface area contributed by atoms with E-state index >= 15 is 0 Å². The molecule has 0 amide bonds. The number of thiophene rings is 1. The highest BCUT2D eigenvalue weighted by Crippen LogP contribution is 2.52. The second kappa shape index (κ2) is 15.8. The minimum absolute atomic E-state index is 0.222. The molecule has 65 heavy (non-hydrogen) atoms. The van der Waals surface area contributed by atoms with Gasteiger partial charge in [0, 0.05) is 42.5 Å². The van der Waals surface area contributed by atoms with Crippen LogP contribution in [0.15, 0.2) is 237 Å². The zero-order valence-electron chi connectivity index (χ0n) is 36.4. The summed E-state index contributed by atoms with van der Waals surface area (Å²) in [4.78, 5) is 2.47. The molecule has 1 aliphatic rings. The molecule has 0 unspecified atom stereocenters. The standard InChI is InChI=1S/C63H45NS/c1-63(2)58-40-48(46-33-31-45(32-34-46)44-29-27-43(28-30-44)42-15-5-3-6-16-42)35-37-54(58)55-38-36-51(41-59(55)63)64(60-25-11-9-21-52(60)47-17-7-4-8-18-47)50-20-13-19-49(39-50)53-23-14-24-57-56-22-10-12-26-61(56)65-62(53)57/h3-41H,1-2H3. The Kier molecular flexibility index (Phi) is 9.44. The van der Waals surface area contributed by atoms with E-state index in [2.05, 4.69) is 255 Å². The lowest BCUT2D eigenvalue weighted by Crippen LogP contribution is -2.17. The molecule has 308 valence electrons. The lowest BCUT2D eigenvalue weighted by molar-refractivity contribution is 0.660. The Morgan fingerprint density at radius 3 is 1.54 bits per heavy atom. The van der Waals surface area contributed by atoms with Gasteiger partial charge in [-0.15, -0.1) is 11.3 Å². The molecule has 1 heterocycles. The first-order valence-electron chi connectivity index (χ1n) is 22.5. The Bertz CT molecular complexity index is 3540. The van der Waals surface area contributed by atoms with E-state index in [4.69, 9.17) is 0 Å². The third-order valence-corrected chi connectivity index (χ3v) is 14.7. The molecule has 0 bridgehead atoms. The van der Waals surface area contributed by atoms with Gasteiger partial charge in [0.2, 0.25) is 0 Å². The van der Waals surface area contributed by atoms with Gasteiger partial charge in [-0.25, -0.2) is 0 Å². The minimum atomic E-state index is -0.222. The number of para-hydroxylation sites is 1. The summed E-state index contributed by atoms with van der Waals surface area (Å²) in [5.74, 6) is 0. The average molecular weight is 848 g/mol. The van der Waals surface area contributed by atoms with E-state index < -0.39 is 0 Å². The minimum Gasteiger partial charge on any atom is -0.310 e. The number of anilines is 3. The summed E-state index contributed by atoms with van der Waals surface area (Å²) in [7, 11) is 0. The predicted molar refractivity (Wildman–Crippen MR) is 279 cm³/mol. The highest BCUT2D eigenvalue weighted by Gasteiger charge is 2.36. The maximum Gasteiger partial charge on any atom is 0.0540 e. The normalized spacial score (nSPS) is 12.6. The molecule has 0 saturated heterocycles. The molecule has 0 N–H and O–H groups in total. The van der Waals surface area contributed by atoms with Gasteiger partial charge in [-0.1, -0.05) is 208 Å². The van der Waals surface area contributed by atoms with Crippen molar-refractivity contribution in [3.8, 4) is 66.8 Å². The zero-order chi connectivity index (χ0) is 43.5. The summed E-state index contributed by atoms with van der Waals surface area (Å²) in [6, 6.07) is 87.0. The van der Waals surface area contributed by atoms with Crippen molar-refractivity contribution in [3.63, 3.8) is 0 Å². The Balaban J connectivity index is 0.923. The summed E-state index contributed by atoms with van der Waals surface area (Å²) in [5.41, 5.74) is 20.7. The van der Waals surface area contributed by atoms with Crippen LogP contribution < -0.4 is 4.90 Å². The molecular weight excluding hydrogens is 803 g/mol. The van der Waals surface area contributed by atoms with E-state index in [1.807, 2.05) is 11.3 Å². The molecule has 2 heteroatoms. The van der Waals surface area contributed by atoms with Crippen molar-refractivity contribution >= 4 is 48.6 Å². The molecule has 0 spiro atoms. The van der Waals surface area contributed by atoms with Gasteiger partial charge in [-0.05, 0) is 115 Å². The molecule has 10 aromatic carbocycles. The van der Waals surface area contributed by atoms with Crippen LogP contribution in [0.5, 0.6) is 0 Å². The quantitative estimate of drug-likeness (QED) is 0.147. The molecule has 1 aliphatic carbocycles. The number of hydrogen-bond acceptors (Lipinski definition) is 2. The van der Waals surface area contributed by atoms with E-state index in [1.165, 1.54) is 98.1 Å². The van der Waals surface area contributed by atoms with E-state index in [9.17, 15) is 0 Å². The van der Waals surface area contributed by atoms with E-state index in [-0.39, 0.29) is 5.41 Å². The van der Waals surface area contributed by atoms with Crippen molar-refractivity contribution in [2.24, 2.45) is 0 Å². The lowest BCUT2D eigenvalue weighted by Gasteiger charge is -2.30. The van der Waals surface area contributed by atoms with Crippen LogP contribution in [-0.2, 0) is 5.41 Å². The van der Waals surface area contributed by atoms with Crippen molar-refractivity contribution in [1.82, 2.24) is 0 Å². The molecule has 1 nitrogen and oxygen atoms in total. The van der Waals surface area contributed by atoms with Gasteiger partial charge in [-0.3, -0.25) is 0 Å². The van der Waals surface area contributed by atoms with Crippen molar-refractivity contribution in [1.29, 1.82) is 0 Å². The molecule has 0 radical (unpaired) electrons. The summed E-state index contributed by atoms with van der Waals surface area (Å²) in [5, 5.41) is 2.63. The van der Waals surface area contributed by atoms with Gasteiger partial charge in [-0.2, -0.15) is 0 Å². The van der Waals surface area contributed by atoms with Gasteiger partial charge >= 0.3 is 0 Å². The van der Waals surface area contributed by atoms with Gasteiger partial charge in [0.15, 0.2) is 0 Å². The summed E-state index contributed by atoms with van der Waals surface area (Å²) >= 11 is 1.88. The van der Waals surface area contributed by atoms with Crippen LogP contribution in [0.3, 0.4) is 0 Å². The van der Waals surface area contributed by atoms with Crippen LogP contribution in [-0.4, -0.2) is 0 Å². The maximum atomic E-state index is 2.47. The zero-order valence-corrected chi connectivity index (χ0v) is 37.2. The van der Waals surface area contributed by atoms with Gasteiger partial charge in [0.1, 0.15) is 0 Å². The first-order valence-corrected chi connectivity index (χ1v) is 23.3. The van der Waals surface area contributed by atoms with Crippen LogP contribution in [0.2, 0.25) is 0 Å². The van der Waals surface area contributed by atoms with E-state index in [1.54, 1.807) is 0 Å². The maximum absolute atomic E-state index is 2.47. The van der Waals surface area contributed by atoms with Crippen molar-refractivity contribution in [3.05, 3.63) is 248 Å². The fraction of sp³-hybridized carbons (Fsp3) is 0.0476. The van der Waals surface area contributed by atoms with E-state index in [0.717, 1.165) is 17.1 Å². The number of rotatable bonds is 8. The molecule has 0 fully saturated rings. The molecule has 0 saturated carbocycles. The van der Waals surface area contributed by atoms with Crippen molar-refractivity contribution in [2.75, 3.05) is 4.90 Å². The SMILES string of the molecule is CC1(C)c2cc(-c3ccc(-c4ccc(-c5ccccc5)cc4)cc3)ccc2-c2ccc(N(c3cccc(-c4cccc5c4sc4ccccc45)c3)c3ccccc3-c3ccccc3)cc21. The van der Waals surface area contributed by atoms with E-state index in [0.29, 0.717) is 0 Å². The Labute approximate surface area is 385 Å². The van der Waals surface area contributed by atoms with Gasteiger partial charge in [0.05, 0.1) is 5.69 Å². The summed E-state index contributed by atoms with van der Waals surface area (Å²) < 4.78 is 2.64. The van der Waals surface area contributed by atoms with Crippen molar-refractivity contribution < 1.29 is 0 Å². The monoisotopic (exact) mass is 847 g/mol. The van der Waals surface area contributed by atoms with Crippen molar-refractivity contribution in [2.45, 2.75) is 19.3 Å². The third-order valence-electron chi connectivity index (χ3n) is 13.5. The molecular formula is C63H45NS. The largest absolute Gasteiger partial charge is 0.310 e. The van der Waals surface area contributed by atoms with Gasteiger partial charge < -0.3 is 4.90 Å². The number of fused-ring (bicyclic) bond motifs is 6. The molecule has 11 aromatic rings. The number of hydrogen-bond donors (Lipinski definition) is 0. The Morgan fingerprint density at radius 1 is 0.323 bits per heavy atom. The topological polar surface area (TPSA) is 3.24 Å².